The van der Waals surface area contributed by atoms with Gasteiger partial charge in [0.25, 0.3) is 0 Å². The van der Waals surface area contributed by atoms with Gasteiger partial charge in [0.2, 0.25) is 5.91 Å². The molecule has 2 heterocycles. The number of halogens is 2. The average molecular weight is 445 g/mol. The number of carbonyl (C=O) groups excluding carboxylic acids is 1. The van der Waals surface area contributed by atoms with E-state index in [2.05, 4.69) is 4.90 Å². The molecule has 2 aliphatic rings. The third-order valence-corrected chi connectivity index (χ3v) is 6.45. The van der Waals surface area contributed by atoms with Crippen molar-refractivity contribution in [3.8, 4) is 0 Å². The lowest BCUT2D eigenvalue weighted by atomic mass is 9.78. The molecule has 0 spiro atoms. The number of rotatable bonds is 4. The maximum absolute atomic E-state index is 13.7. The van der Waals surface area contributed by atoms with Gasteiger partial charge in [-0.1, -0.05) is 24.3 Å². The van der Waals surface area contributed by atoms with Crippen molar-refractivity contribution >= 4 is 12.0 Å². The Hall–Kier alpha value is -3.04. The van der Waals surface area contributed by atoms with Gasteiger partial charge in [0.05, 0.1) is 6.04 Å². The van der Waals surface area contributed by atoms with E-state index in [9.17, 15) is 28.6 Å². The van der Waals surface area contributed by atoms with E-state index in [1.54, 1.807) is 29.2 Å². The van der Waals surface area contributed by atoms with Crippen molar-refractivity contribution in [1.82, 2.24) is 14.7 Å². The van der Waals surface area contributed by atoms with Crippen molar-refractivity contribution in [2.45, 2.75) is 18.0 Å². The number of hydrogen-bond acceptors (Lipinski definition) is 4. The highest BCUT2D eigenvalue weighted by molar-refractivity contribution is 5.77. The van der Waals surface area contributed by atoms with Gasteiger partial charge < -0.3 is 20.0 Å². The first-order chi connectivity index (χ1) is 15.4. The Morgan fingerprint density at radius 1 is 0.906 bits per heavy atom. The van der Waals surface area contributed by atoms with Crippen molar-refractivity contribution < 1.29 is 28.6 Å². The van der Waals surface area contributed by atoms with Crippen molar-refractivity contribution in [2.75, 3.05) is 39.3 Å². The standard InChI is InChI=1S/C23H25F2N3O4/c24-17-5-1-15(2-6-17)21(16-3-7-18(25)8-4-16)22-19-13-27(20(30)14-29)10-9-26(19)11-12-28(22)23(31)32/h1-8,19,21-22,29H,9-14H2,(H,31,32). The lowest BCUT2D eigenvalue weighted by Crippen LogP contribution is -2.69. The molecular formula is C23H25F2N3O4. The van der Waals surface area contributed by atoms with E-state index in [1.165, 1.54) is 29.2 Å². The van der Waals surface area contributed by atoms with Gasteiger partial charge in [-0.25, -0.2) is 13.6 Å². The summed E-state index contributed by atoms with van der Waals surface area (Å²) >= 11 is 0. The second kappa shape index (κ2) is 9.22. The zero-order chi connectivity index (χ0) is 22.8. The Balaban J connectivity index is 1.81. The summed E-state index contributed by atoms with van der Waals surface area (Å²) in [7, 11) is 0. The van der Waals surface area contributed by atoms with Crippen molar-refractivity contribution in [1.29, 1.82) is 0 Å². The van der Waals surface area contributed by atoms with E-state index in [0.29, 0.717) is 30.8 Å². The molecule has 7 nitrogen and oxygen atoms in total. The normalized spacial score (nSPS) is 21.5. The predicted molar refractivity (Wildman–Crippen MR) is 112 cm³/mol. The monoisotopic (exact) mass is 445 g/mol. The van der Waals surface area contributed by atoms with Crippen LogP contribution in [-0.4, -0.2) is 88.3 Å². The molecule has 2 fully saturated rings. The number of aliphatic hydroxyl groups is 1. The van der Waals surface area contributed by atoms with Gasteiger partial charge in [0, 0.05) is 44.7 Å². The highest BCUT2D eigenvalue weighted by Crippen LogP contribution is 2.37. The van der Waals surface area contributed by atoms with Crippen molar-refractivity contribution in [3.63, 3.8) is 0 Å². The molecular weight excluding hydrogens is 420 g/mol. The van der Waals surface area contributed by atoms with Gasteiger partial charge in [-0.15, -0.1) is 0 Å². The lowest BCUT2D eigenvalue weighted by molar-refractivity contribution is -0.139. The SMILES string of the molecule is O=C(CO)N1CCN2CCN(C(=O)O)C(C(c3ccc(F)cc3)c3ccc(F)cc3)C2C1. The molecule has 32 heavy (non-hydrogen) atoms. The largest absolute Gasteiger partial charge is 0.465 e. The van der Waals surface area contributed by atoms with E-state index in [0.717, 1.165) is 0 Å². The number of hydrogen-bond donors (Lipinski definition) is 2. The molecule has 0 radical (unpaired) electrons. The van der Waals surface area contributed by atoms with Gasteiger partial charge in [0.15, 0.2) is 0 Å². The van der Waals surface area contributed by atoms with Gasteiger partial charge in [0.1, 0.15) is 18.2 Å². The first kappa shape index (κ1) is 22.2. The summed E-state index contributed by atoms with van der Waals surface area (Å²) in [6.45, 7) is 1.46. The smallest absolute Gasteiger partial charge is 0.407 e. The zero-order valence-corrected chi connectivity index (χ0v) is 17.4. The Morgan fingerprint density at radius 2 is 1.44 bits per heavy atom. The van der Waals surface area contributed by atoms with E-state index in [1.807, 2.05) is 0 Å². The second-order valence-corrected chi connectivity index (χ2v) is 8.15. The molecule has 2 N–H and O–H groups in total. The van der Waals surface area contributed by atoms with Gasteiger partial charge >= 0.3 is 6.09 Å². The molecule has 170 valence electrons. The van der Waals surface area contributed by atoms with Crippen LogP contribution < -0.4 is 0 Å². The van der Waals surface area contributed by atoms with E-state index in [4.69, 9.17) is 0 Å². The highest BCUT2D eigenvalue weighted by Gasteiger charge is 2.46. The van der Waals surface area contributed by atoms with E-state index in [-0.39, 0.29) is 19.1 Å². The average Bonchev–Trinajstić information content (AvgIpc) is 2.80. The molecule has 4 rings (SSSR count). The minimum Gasteiger partial charge on any atom is -0.465 e. The van der Waals surface area contributed by atoms with Crippen LogP contribution in [0.25, 0.3) is 0 Å². The van der Waals surface area contributed by atoms with Crippen LogP contribution in [0.1, 0.15) is 17.0 Å². The molecule has 0 aromatic heterocycles. The topological polar surface area (TPSA) is 84.3 Å². The van der Waals surface area contributed by atoms with Crippen molar-refractivity contribution in [3.05, 3.63) is 71.3 Å². The van der Waals surface area contributed by atoms with E-state index < -0.39 is 42.2 Å². The highest BCUT2D eigenvalue weighted by atomic mass is 19.1. The Bertz CT molecular complexity index is 925. The van der Waals surface area contributed by atoms with Gasteiger partial charge in [-0.05, 0) is 35.4 Å². The third-order valence-electron chi connectivity index (χ3n) is 6.45. The molecule has 2 saturated heterocycles. The number of carbonyl (C=O) groups is 2. The van der Waals surface area contributed by atoms with Crippen LogP contribution in [0.3, 0.4) is 0 Å². The molecule has 2 aliphatic heterocycles. The van der Waals surface area contributed by atoms with Crippen LogP contribution >= 0.6 is 0 Å². The van der Waals surface area contributed by atoms with Crippen LogP contribution in [0, 0.1) is 11.6 Å². The third kappa shape index (κ3) is 4.31. The number of nitrogens with zero attached hydrogens (tertiary/aromatic N) is 3. The number of benzene rings is 2. The quantitative estimate of drug-likeness (QED) is 0.752. The predicted octanol–water partition coefficient (Wildman–Crippen LogP) is 1.96. The van der Waals surface area contributed by atoms with Gasteiger partial charge in [-0.3, -0.25) is 9.69 Å². The van der Waals surface area contributed by atoms with Crippen LogP contribution in [0.2, 0.25) is 0 Å². The number of amides is 2. The number of fused-ring (bicyclic) bond motifs is 1. The summed E-state index contributed by atoms with van der Waals surface area (Å²) in [5, 5.41) is 19.3. The molecule has 9 heteroatoms. The Kier molecular flexibility index (Phi) is 6.38. The summed E-state index contributed by atoms with van der Waals surface area (Å²) < 4.78 is 27.3. The lowest BCUT2D eigenvalue weighted by Gasteiger charge is -2.53. The first-order valence-corrected chi connectivity index (χ1v) is 10.5. The fraction of sp³-hybridized carbons (Fsp3) is 0.391. The summed E-state index contributed by atoms with van der Waals surface area (Å²) in [5.41, 5.74) is 1.39. The molecule has 2 aromatic carbocycles. The number of carboxylic acid groups (broad SMARTS) is 1. The van der Waals surface area contributed by atoms with Crippen LogP contribution in [-0.2, 0) is 4.79 Å². The maximum Gasteiger partial charge on any atom is 0.407 e. The van der Waals surface area contributed by atoms with E-state index >= 15 is 0 Å². The molecule has 0 saturated carbocycles. The van der Waals surface area contributed by atoms with Crippen LogP contribution in [0.5, 0.6) is 0 Å². The first-order valence-electron chi connectivity index (χ1n) is 10.5. The molecule has 2 unspecified atom stereocenters. The fourth-order valence-electron chi connectivity index (χ4n) is 4.92. The summed E-state index contributed by atoms with van der Waals surface area (Å²) in [6, 6.07) is 10.8. The minimum atomic E-state index is -1.09. The molecule has 2 aromatic rings. The molecule has 0 bridgehead atoms. The zero-order valence-electron chi connectivity index (χ0n) is 17.4. The number of aliphatic hydroxyl groups excluding tert-OH is 1. The van der Waals surface area contributed by atoms with Crippen LogP contribution in [0.15, 0.2) is 48.5 Å². The number of piperazine rings is 2. The maximum atomic E-state index is 13.7. The Labute approximate surface area is 184 Å². The van der Waals surface area contributed by atoms with Crippen molar-refractivity contribution in [2.24, 2.45) is 0 Å². The van der Waals surface area contributed by atoms with Gasteiger partial charge in [-0.2, -0.15) is 0 Å². The fourth-order valence-corrected chi connectivity index (χ4v) is 4.92. The minimum absolute atomic E-state index is 0.257. The molecule has 2 atom stereocenters. The summed E-state index contributed by atoms with van der Waals surface area (Å²) in [5.74, 6) is -1.74. The summed E-state index contributed by atoms with van der Waals surface area (Å²) in [4.78, 5) is 29.5. The molecule has 2 amide bonds. The summed E-state index contributed by atoms with van der Waals surface area (Å²) in [6.07, 6.45) is -1.09. The second-order valence-electron chi connectivity index (χ2n) is 8.15. The molecule has 0 aliphatic carbocycles. The Morgan fingerprint density at radius 3 is 1.94 bits per heavy atom. The van der Waals surface area contributed by atoms with Crippen LogP contribution in [0.4, 0.5) is 13.6 Å².